The Morgan fingerprint density at radius 1 is 0.933 bits per heavy atom. The van der Waals surface area contributed by atoms with Crippen molar-refractivity contribution in [3.05, 3.63) is 71.8 Å². The van der Waals surface area contributed by atoms with Gasteiger partial charge in [-0.3, -0.25) is 4.79 Å². The standard InChI is InChI=1S/C24H28O6/c1-2-27-24(26)20-19-22(20)30-18(13-25)21(28-14-16-9-5-3-6-10-16)23(19)29-15-17-11-7-4-8-12-17/h3-12,18-23,25H,2,13-15H2,1H3/t18-,19+,20+,21-,22+,23-/m1/s1. The molecule has 1 heterocycles. The molecule has 2 aromatic carbocycles. The summed E-state index contributed by atoms with van der Waals surface area (Å²) in [6.07, 6.45) is -1.73. The zero-order valence-electron chi connectivity index (χ0n) is 17.1. The molecule has 6 heteroatoms. The van der Waals surface area contributed by atoms with E-state index >= 15 is 0 Å². The molecule has 0 radical (unpaired) electrons. The van der Waals surface area contributed by atoms with E-state index in [9.17, 15) is 9.90 Å². The molecule has 1 saturated carbocycles. The summed E-state index contributed by atoms with van der Waals surface area (Å²) in [5.41, 5.74) is 2.06. The van der Waals surface area contributed by atoms with E-state index in [4.69, 9.17) is 18.9 Å². The third-order valence-corrected chi connectivity index (χ3v) is 5.72. The van der Waals surface area contributed by atoms with E-state index in [1.165, 1.54) is 0 Å². The molecule has 160 valence electrons. The Balaban J connectivity index is 1.51. The van der Waals surface area contributed by atoms with Crippen LogP contribution in [0.25, 0.3) is 0 Å². The van der Waals surface area contributed by atoms with Gasteiger partial charge in [0, 0.05) is 5.92 Å². The highest BCUT2D eigenvalue weighted by Crippen LogP contribution is 2.52. The van der Waals surface area contributed by atoms with Crippen LogP contribution in [0.2, 0.25) is 0 Å². The Morgan fingerprint density at radius 3 is 2.03 bits per heavy atom. The number of esters is 1. The van der Waals surface area contributed by atoms with Gasteiger partial charge < -0.3 is 24.1 Å². The second-order valence-corrected chi connectivity index (χ2v) is 7.70. The number of hydrogen-bond donors (Lipinski definition) is 1. The molecule has 0 unspecified atom stereocenters. The van der Waals surface area contributed by atoms with Crippen molar-refractivity contribution in [2.24, 2.45) is 11.8 Å². The Labute approximate surface area is 176 Å². The molecule has 0 aromatic heterocycles. The number of carbonyl (C=O) groups is 1. The molecule has 2 fully saturated rings. The molecule has 1 aliphatic heterocycles. The van der Waals surface area contributed by atoms with Crippen LogP contribution in [0, 0.1) is 11.8 Å². The van der Waals surface area contributed by atoms with Gasteiger partial charge in [0.25, 0.3) is 0 Å². The quantitative estimate of drug-likeness (QED) is 0.639. The van der Waals surface area contributed by atoms with Crippen molar-refractivity contribution in [3.63, 3.8) is 0 Å². The van der Waals surface area contributed by atoms with Crippen molar-refractivity contribution in [2.45, 2.75) is 44.6 Å². The van der Waals surface area contributed by atoms with E-state index in [0.717, 1.165) is 11.1 Å². The predicted molar refractivity (Wildman–Crippen MR) is 109 cm³/mol. The number of aliphatic hydroxyl groups is 1. The van der Waals surface area contributed by atoms with Gasteiger partial charge in [-0.1, -0.05) is 60.7 Å². The molecular formula is C24H28O6. The van der Waals surface area contributed by atoms with E-state index in [-0.39, 0.29) is 36.6 Å². The van der Waals surface area contributed by atoms with Gasteiger partial charge in [-0.2, -0.15) is 0 Å². The van der Waals surface area contributed by atoms with Crippen molar-refractivity contribution in [1.29, 1.82) is 0 Å². The monoisotopic (exact) mass is 412 g/mol. The highest BCUT2D eigenvalue weighted by molar-refractivity contribution is 5.77. The molecule has 2 aliphatic rings. The lowest BCUT2D eigenvalue weighted by Crippen LogP contribution is -2.50. The fraction of sp³-hybridized carbons (Fsp3) is 0.458. The second kappa shape index (κ2) is 9.71. The van der Waals surface area contributed by atoms with E-state index < -0.39 is 12.2 Å². The molecule has 0 bridgehead atoms. The van der Waals surface area contributed by atoms with Crippen LogP contribution in [0.1, 0.15) is 18.1 Å². The Morgan fingerprint density at radius 2 is 1.50 bits per heavy atom. The summed E-state index contributed by atoms with van der Waals surface area (Å²) in [6.45, 7) is 2.67. The van der Waals surface area contributed by atoms with E-state index in [2.05, 4.69) is 0 Å². The minimum atomic E-state index is -0.560. The number of carbonyl (C=O) groups excluding carboxylic acids is 1. The largest absolute Gasteiger partial charge is 0.466 e. The van der Waals surface area contributed by atoms with Gasteiger partial charge in [0.2, 0.25) is 0 Å². The van der Waals surface area contributed by atoms with Crippen LogP contribution < -0.4 is 0 Å². The SMILES string of the molecule is CCOC(=O)[C@@H]1[C@H]2O[C@H](CO)[C@@H](OCc3ccccc3)[C@H](OCc3ccccc3)[C@H]21. The summed E-state index contributed by atoms with van der Waals surface area (Å²) in [6, 6.07) is 19.7. The number of hydrogen-bond acceptors (Lipinski definition) is 6. The Bertz CT molecular complexity index is 811. The molecule has 1 N–H and O–H groups in total. The number of benzene rings is 2. The van der Waals surface area contributed by atoms with Crippen LogP contribution in [0.5, 0.6) is 0 Å². The highest BCUT2D eigenvalue weighted by atomic mass is 16.6. The molecule has 2 aromatic rings. The van der Waals surface area contributed by atoms with Crippen molar-refractivity contribution >= 4 is 5.97 Å². The zero-order chi connectivity index (χ0) is 20.9. The number of ether oxygens (including phenoxy) is 4. The molecule has 6 atom stereocenters. The summed E-state index contributed by atoms with van der Waals surface area (Å²) in [4.78, 5) is 12.4. The first-order valence-corrected chi connectivity index (χ1v) is 10.5. The van der Waals surface area contributed by atoms with Gasteiger partial charge in [-0.15, -0.1) is 0 Å². The summed E-state index contributed by atoms with van der Waals surface area (Å²) < 4.78 is 23.7. The van der Waals surface area contributed by atoms with Gasteiger partial charge in [0.05, 0.1) is 44.6 Å². The zero-order valence-corrected chi connectivity index (χ0v) is 17.1. The molecule has 6 nitrogen and oxygen atoms in total. The summed E-state index contributed by atoms with van der Waals surface area (Å²) in [5, 5.41) is 9.95. The minimum Gasteiger partial charge on any atom is -0.466 e. The number of fused-ring (bicyclic) bond motifs is 1. The van der Waals surface area contributed by atoms with Crippen LogP contribution in [-0.2, 0) is 37.0 Å². The van der Waals surface area contributed by atoms with Crippen LogP contribution in [0.15, 0.2) is 60.7 Å². The van der Waals surface area contributed by atoms with Crippen molar-refractivity contribution in [3.8, 4) is 0 Å². The normalized spacial score (nSPS) is 29.8. The summed E-state index contributed by atoms with van der Waals surface area (Å²) >= 11 is 0. The molecule has 1 aliphatic carbocycles. The maximum absolute atomic E-state index is 12.4. The topological polar surface area (TPSA) is 74.2 Å². The lowest BCUT2D eigenvalue weighted by atomic mass is 10.00. The second-order valence-electron chi connectivity index (χ2n) is 7.70. The fourth-order valence-corrected chi connectivity index (χ4v) is 4.20. The lowest BCUT2D eigenvalue weighted by molar-refractivity contribution is -0.195. The Kier molecular flexibility index (Phi) is 6.79. The minimum absolute atomic E-state index is 0.142. The maximum Gasteiger partial charge on any atom is 0.312 e. The third kappa shape index (κ3) is 4.57. The highest BCUT2D eigenvalue weighted by Gasteiger charge is 2.67. The van der Waals surface area contributed by atoms with Gasteiger partial charge in [0.15, 0.2) is 0 Å². The number of aliphatic hydroxyl groups excluding tert-OH is 1. The maximum atomic E-state index is 12.4. The lowest BCUT2D eigenvalue weighted by Gasteiger charge is -2.36. The summed E-state index contributed by atoms with van der Waals surface area (Å²) in [7, 11) is 0. The van der Waals surface area contributed by atoms with Crippen molar-refractivity contribution < 1.29 is 28.8 Å². The van der Waals surface area contributed by atoms with Gasteiger partial charge in [-0.05, 0) is 18.1 Å². The fourth-order valence-electron chi connectivity index (χ4n) is 4.20. The average molecular weight is 412 g/mol. The summed E-state index contributed by atoms with van der Waals surface area (Å²) in [5.74, 6) is -0.803. The van der Waals surface area contributed by atoms with Crippen LogP contribution in [0.3, 0.4) is 0 Å². The first-order valence-electron chi connectivity index (χ1n) is 10.5. The number of rotatable bonds is 9. The third-order valence-electron chi connectivity index (χ3n) is 5.72. The predicted octanol–water partition coefficient (Wildman–Crippen LogP) is 2.73. The molecule has 0 amide bonds. The van der Waals surface area contributed by atoms with Gasteiger partial charge in [0.1, 0.15) is 12.2 Å². The first-order chi connectivity index (χ1) is 14.7. The molecule has 0 spiro atoms. The first kappa shape index (κ1) is 21.0. The van der Waals surface area contributed by atoms with E-state index in [1.54, 1.807) is 6.92 Å². The van der Waals surface area contributed by atoms with Crippen LogP contribution in [-0.4, -0.2) is 48.7 Å². The van der Waals surface area contributed by atoms with Crippen LogP contribution >= 0.6 is 0 Å². The van der Waals surface area contributed by atoms with Crippen molar-refractivity contribution in [1.82, 2.24) is 0 Å². The molecule has 1 saturated heterocycles. The van der Waals surface area contributed by atoms with Gasteiger partial charge >= 0.3 is 5.97 Å². The van der Waals surface area contributed by atoms with Gasteiger partial charge in [-0.25, -0.2) is 0 Å². The van der Waals surface area contributed by atoms with E-state index in [0.29, 0.717) is 19.8 Å². The molecular weight excluding hydrogens is 384 g/mol. The smallest absolute Gasteiger partial charge is 0.312 e. The molecule has 4 rings (SSSR count). The van der Waals surface area contributed by atoms with Crippen molar-refractivity contribution in [2.75, 3.05) is 13.2 Å². The van der Waals surface area contributed by atoms with Crippen LogP contribution in [0.4, 0.5) is 0 Å². The average Bonchev–Trinajstić information content (AvgIpc) is 3.51. The Hall–Kier alpha value is -2.25. The van der Waals surface area contributed by atoms with E-state index in [1.807, 2.05) is 60.7 Å². The molecule has 30 heavy (non-hydrogen) atoms.